The van der Waals surface area contributed by atoms with Crippen LogP contribution in [-0.2, 0) is 0 Å². The molecular weight excluding hydrogens is 288 g/mol. The minimum atomic E-state index is 0.762. The molecule has 0 atom stereocenters. The van der Waals surface area contributed by atoms with E-state index in [2.05, 4.69) is 30.8 Å². The number of aromatic nitrogens is 2. The summed E-state index contributed by atoms with van der Waals surface area (Å²) in [4.78, 5) is 10.6. The molecule has 0 radical (unpaired) electrons. The molecule has 2 aromatic carbocycles. The van der Waals surface area contributed by atoms with Gasteiger partial charge in [-0.05, 0) is 18.6 Å². The van der Waals surface area contributed by atoms with Gasteiger partial charge in [0.25, 0.3) is 0 Å². The van der Waals surface area contributed by atoms with Crippen LogP contribution in [-0.4, -0.2) is 9.97 Å². The van der Waals surface area contributed by atoms with Crippen molar-refractivity contribution in [3.63, 3.8) is 0 Å². The molecule has 0 unspecified atom stereocenters. The summed E-state index contributed by atoms with van der Waals surface area (Å²) in [5.41, 5.74) is 2.94. The molecule has 4 aromatic rings. The smallest absolute Gasteiger partial charge is 0.161 e. The van der Waals surface area contributed by atoms with Gasteiger partial charge in [0.15, 0.2) is 5.82 Å². The summed E-state index contributed by atoms with van der Waals surface area (Å²) in [5.74, 6) is 0.762. The normalized spacial score (nSPS) is 11.1. The maximum atomic E-state index is 4.79. The Morgan fingerprint density at radius 2 is 1.68 bits per heavy atom. The topological polar surface area (TPSA) is 25.8 Å². The number of thiophene rings is 1. The lowest BCUT2D eigenvalue weighted by Gasteiger charge is -2.06. The van der Waals surface area contributed by atoms with Gasteiger partial charge in [-0.2, -0.15) is 0 Å². The zero-order valence-electron chi connectivity index (χ0n) is 12.2. The molecule has 0 aliphatic carbocycles. The second-order valence-corrected chi connectivity index (χ2v) is 6.35. The Kier molecular flexibility index (Phi) is 3.01. The van der Waals surface area contributed by atoms with Crippen LogP contribution < -0.4 is 0 Å². The average Bonchev–Trinajstić information content (AvgIpc) is 2.93. The number of allylic oxidation sites excluding steroid dienone is 1. The molecule has 0 saturated carbocycles. The van der Waals surface area contributed by atoms with Gasteiger partial charge in [0.1, 0.15) is 4.83 Å². The van der Waals surface area contributed by atoms with Gasteiger partial charge in [-0.1, -0.05) is 55.1 Å². The molecule has 2 heterocycles. The predicted octanol–water partition coefficient (Wildman–Crippen LogP) is 5.54. The number of rotatable bonds is 2. The third-order valence-electron chi connectivity index (χ3n) is 3.68. The molecule has 0 amide bonds. The first kappa shape index (κ1) is 13.2. The number of benzene rings is 2. The van der Waals surface area contributed by atoms with E-state index >= 15 is 0 Å². The van der Waals surface area contributed by atoms with E-state index < -0.39 is 0 Å². The van der Waals surface area contributed by atoms with Crippen molar-refractivity contribution in [3.05, 3.63) is 66.9 Å². The largest absolute Gasteiger partial charge is 0.228 e. The third-order valence-corrected chi connectivity index (χ3v) is 4.74. The van der Waals surface area contributed by atoms with E-state index in [9.17, 15) is 0 Å². The van der Waals surface area contributed by atoms with Crippen LogP contribution in [0.25, 0.3) is 37.3 Å². The molecule has 0 spiro atoms. The zero-order valence-corrected chi connectivity index (χ0v) is 13.0. The minimum Gasteiger partial charge on any atom is -0.228 e. The van der Waals surface area contributed by atoms with Crippen molar-refractivity contribution in [1.82, 2.24) is 9.97 Å². The van der Waals surface area contributed by atoms with E-state index in [0.717, 1.165) is 32.9 Å². The Bertz CT molecular complexity index is 1000. The zero-order chi connectivity index (χ0) is 15.1. The summed E-state index contributed by atoms with van der Waals surface area (Å²) in [6.45, 7) is 6.11. The van der Waals surface area contributed by atoms with Gasteiger partial charge in [-0.25, -0.2) is 9.97 Å². The molecular formula is C19H14N2S. The van der Waals surface area contributed by atoms with Gasteiger partial charge in [-0.15, -0.1) is 11.3 Å². The summed E-state index contributed by atoms with van der Waals surface area (Å²) < 4.78 is 1.24. The van der Waals surface area contributed by atoms with Crippen LogP contribution in [0.5, 0.6) is 0 Å². The van der Waals surface area contributed by atoms with Crippen LogP contribution in [0.1, 0.15) is 12.6 Å². The molecule has 3 heteroatoms. The highest BCUT2D eigenvalue weighted by Gasteiger charge is 2.15. The fourth-order valence-electron chi connectivity index (χ4n) is 2.65. The summed E-state index contributed by atoms with van der Waals surface area (Å²) >= 11 is 1.71. The van der Waals surface area contributed by atoms with E-state index in [0.29, 0.717) is 0 Å². The molecule has 0 N–H and O–H groups in total. The van der Waals surface area contributed by atoms with Crippen molar-refractivity contribution in [1.29, 1.82) is 0 Å². The fourth-order valence-corrected chi connectivity index (χ4v) is 3.72. The highest BCUT2D eigenvalue weighted by molar-refractivity contribution is 7.25. The molecule has 2 aromatic heterocycles. The van der Waals surface area contributed by atoms with Crippen molar-refractivity contribution in [2.45, 2.75) is 6.92 Å². The first-order valence-electron chi connectivity index (χ1n) is 7.14. The maximum absolute atomic E-state index is 4.79. The Balaban J connectivity index is 2.11. The van der Waals surface area contributed by atoms with Crippen LogP contribution in [0, 0.1) is 0 Å². The predicted molar refractivity (Wildman–Crippen MR) is 95.1 cm³/mol. The Hall–Kier alpha value is -2.52. The maximum Gasteiger partial charge on any atom is 0.161 e. The summed E-state index contributed by atoms with van der Waals surface area (Å²) in [6.07, 6.45) is 0. The molecule has 2 nitrogen and oxygen atoms in total. The van der Waals surface area contributed by atoms with Crippen LogP contribution >= 0.6 is 11.3 Å². The quantitative estimate of drug-likeness (QED) is 0.485. The molecule has 0 bridgehead atoms. The monoisotopic (exact) mass is 302 g/mol. The van der Waals surface area contributed by atoms with Crippen LogP contribution in [0.3, 0.4) is 0 Å². The average molecular weight is 302 g/mol. The van der Waals surface area contributed by atoms with Gasteiger partial charge in [0, 0.05) is 21.0 Å². The Morgan fingerprint density at radius 1 is 0.955 bits per heavy atom. The summed E-state index contributed by atoms with van der Waals surface area (Å²) in [5, 5.41) is 2.33. The van der Waals surface area contributed by atoms with Gasteiger partial charge in [0.05, 0.1) is 5.69 Å². The number of hydrogen-bond acceptors (Lipinski definition) is 3. The standard InChI is InChI=1S/C19H14N2S/c1-12(2)17-16-14-10-6-7-11-15(14)22-19(16)21-18(20-17)13-8-4-3-5-9-13/h3-11H,1H2,2H3. The van der Waals surface area contributed by atoms with E-state index in [1.807, 2.05) is 37.3 Å². The molecule has 0 aliphatic heterocycles. The molecule has 106 valence electrons. The highest BCUT2D eigenvalue weighted by Crippen LogP contribution is 2.37. The fraction of sp³-hybridized carbons (Fsp3) is 0.0526. The second-order valence-electron chi connectivity index (χ2n) is 5.32. The van der Waals surface area contributed by atoms with E-state index in [1.54, 1.807) is 11.3 Å². The summed E-state index contributed by atoms with van der Waals surface area (Å²) in [6, 6.07) is 18.5. The lowest BCUT2D eigenvalue weighted by Crippen LogP contribution is -1.94. The van der Waals surface area contributed by atoms with E-state index in [4.69, 9.17) is 9.97 Å². The highest BCUT2D eigenvalue weighted by atomic mass is 32.1. The van der Waals surface area contributed by atoms with Crippen molar-refractivity contribution in [2.24, 2.45) is 0 Å². The lowest BCUT2D eigenvalue weighted by molar-refractivity contribution is 1.21. The minimum absolute atomic E-state index is 0.762. The van der Waals surface area contributed by atoms with E-state index in [-0.39, 0.29) is 0 Å². The Labute approximate surface area is 132 Å². The van der Waals surface area contributed by atoms with Crippen LogP contribution in [0.2, 0.25) is 0 Å². The van der Waals surface area contributed by atoms with Crippen molar-refractivity contribution in [2.75, 3.05) is 0 Å². The SMILES string of the molecule is C=C(C)c1nc(-c2ccccc2)nc2sc3ccccc3c12. The second kappa shape index (κ2) is 5.04. The molecule has 0 saturated heterocycles. The molecule has 22 heavy (non-hydrogen) atoms. The van der Waals surface area contributed by atoms with Gasteiger partial charge in [0.2, 0.25) is 0 Å². The number of nitrogens with zero attached hydrogens (tertiary/aromatic N) is 2. The van der Waals surface area contributed by atoms with Crippen molar-refractivity contribution < 1.29 is 0 Å². The third kappa shape index (κ3) is 2.02. The lowest BCUT2D eigenvalue weighted by atomic mass is 10.1. The Morgan fingerprint density at radius 3 is 2.45 bits per heavy atom. The van der Waals surface area contributed by atoms with E-state index in [1.165, 1.54) is 10.1 Å². The molecule has 0 aliphatic rings. The molecule has 4 rings (SSSR count). The van der Waals surface area contributed by atoms with Crippen molar-refractivity contribution >= 4 is 37.2 Å². The van der Waals surface area contributed by atoms with Gasteiger partial charge >= 0.3 is 0 Å². The van der Waals surface area contributed by atoms with Crippen LogP contribution in [0.4, 0.5) is 0 Å². The first-order valence-corrected chi connectivity index (χ1v) is 7.96. The number of fused-ring (bicyclic) bond motifs is 3. The van der Waals surface area contributed by atoms with Crippen LogP contribution in [0.15, 0.2) is 61.2 Å². The number of hydrogen-bond donors (Lipinski definition) is 0. The van der Waals surface area contributed by atoms with Gasteiger partial charge < -0.3 is 0 Å². The van der Waals surface area contributed by atoms with Gasteiger partial charge in [-0.3, -0.25) is 0 Å². The van der Waals surface area contributed by atoms with Crippen molar-refractivity contribution in [3.8, 4) is 11.4 Å². The molecule has 0 fully saturated rings. The summed E-state index contributed by atoms with van der Waals surface area (Å²) in [7, 11) is 0. The first-order chi connectivity index (χ1) is 10.7.